The van der Waals surface area contributed by atoms with E-state index >= 15 is 0 Å². The first-order chi connectivity index (χ1) is 9.20. The first kappa shape index (κ1) is 14.2. The van der Waals surface area contributed by atoms with Crippen molar-refractivity contribution in [2.45, 2.75) is 63.8 Å². The molecule has 0 bridgehead atoms. The summed E-state index contributed by atoms with van der Waals surface area (Å²) < 4.78 is 4.37. The van der Waals surface area contributed by atoms with Gasteiger partial charge in [0.2, 0.25) is 5.13 Å². The predicted molar refractivity (Wildman–Crippen MR) is 75.7 cm³/mol. The zero-order valence-corrected chi connectivity index (χ0v) is 12.1. The molecule has 0 aromatic carbocycles. The number of aromatic nitrogens is 2. The summed E-state index contributed by atoms with van der Waals surface area (Å²) in [6, 6.07) is -0.552. The normalized spacial score (nSPS) is 17.5. The van der Waals surface area contributed by atoms with E-state index in [2.05, 4.69) is 21.6 Å². The zero-order chi connectivity index (χ0) is 13.7. The van der Waals surface area contributed by atoms with E-state index in [0.717, 1.165) is 31.5 Å². The summed E-state index contributed by atoms with van der Waals surface area (Å²) in [5.41, 5.74) is 0. The minimum atomic E-state index is -0.814. The van der Waals surface area contributed by atoms with Crippen LogP contribution in [0.3, 0.4) is 0 Å². The van der Waals surface area contributed by atoms with E-state index in [1.54, 1.807) is 0 Å². The fourth-order valence-corrected chi connectivity index (χ4v) is 3.16. The molecule has 106 valence electrons. The van der Waals surface area contributed by atoms with E-state index in [-0.39, 0.29) is 0 Å². The number of carboxylic acids is 1. The Bertz CT molecular complexity index is 416. The number of rotatable bonds is 7. The average molecular weight is 283 g/mol. The number of unbranched alkanes of at least 4 members (excludes halogenated alkanes) is 1. The van der Waals surface area contributed by atoms with Crippen LogP contribution in [0.4, 0.5) is 5.13 Å². The van der Waals surface area contributed by atoms with Gasteiger partial charge in [-0.3, -0.25) is 0 Å². The second-order valence-electron chi connectivity index (χ2n) is 5.12. The molecule has 1 atom stereocenters. The van der Waals surface area contributed by atoms with Gasteiger partial charge in [-0.2, -0.15) is 4.37 Å². The number of aliphatic carboxylic acids is 1. The highest BCUT2D eigenvalue weighted by molar-refractivity contribution is 7.09. The maximum absolute atomic E-state index is 11.2. The maximum Gasteiger partial charge on any atom is 0.326 e. The Morgan fingerprint density at radius 3 is 2.89 bits per heavy atom. The minimum absolute atomic E-state index is 0.478. The van der Waals surface area contributed by atoms with Gasteiger partial charge in [0.1, 0.15) is 11.9 Å². The van der Waals surface area contributed by atoms with Crippen LogP contribution < -0.4 is 5.32 Å². The number of anilines is 1. The minimum Gasteiger partial charge on any atom is -0.480 e. The standard InChI is InChI=1S/C13H21N3O2S/c1-2-3-8-10(12(17)18)14-13-15-11(16-19-13)9-6-4-5-7-9/h9-10H,2-8H2,1H3,(H,17,18)(H,14,15,16)/t10-/m0/s1. The Labute approximate surface area is 117 Å². The molecular weight excluding hydrogens is 262 g/mol. The number of hydrogen-bond donors (Lipinski definition) is 2. The molecule has 1 aromatic rings. The van der Waals surface area contributed by atoms with Crippen LogP contribution in [0.15, 0.2) is 0 Å². The molecule has 0 aliphatic heterocycles. The molecule has 19 heavy (non-hydrogen) atoms. The van der Waals surface area contributed by atoms with E-state index in [9.17, 15) is 9.90 Å². The van der Waals surface area contributed by atoms with Crippen LogP contribution in [0.5, 0.6) is 0 Å². The summed E-state index contributed by atoms with van der Waals surface area (Å²) in [4.78, 5) is 15.6. The van der Waals surface area contributed by atoms with Gasteiger partial charge in [-0.25, -0.2) is 9.78 Å². The summed E-state index contributed by atoms with van der Waals surface area (Å²) in [5, 5.41) is 12.8. The summed E-state index contributed by atoms with van der Waals surface area (Å²) in [5.74, 6) is 0.557. The lowest BCUT2D eigenvalue weighted by Gasteiger charge is -2.12. The fourth-order valence-electron chi connectivity index (χ4n) is 2.46. The van der Waals surface area contributed by atoms with Crippen molar-refractivity contribution in [3.63, 3.8) is 0 Å². The molecule has 2 N–H and O–H groups in total. The van der Waals surface area contributed by atoms with Crippen molar-refractivity contribution < 1.29 is 9.90 Å². The smallest absolute Gasteiger partial charge is 0.326 e. The number of carboxylic acid groups (broad SMARTS) is 1. The first-order valence-corrected chi connectivity index (χ1v) is 7.81. The van der Waals surface area contributed by atoms with Crippen molar-refractivity contribution in [2.75, 3.05) is 5.32 Å². The molecular formula is C13H21N3O2S. The lowest BCUT2D eigenvalue weighted by molar-refractivity contribution is -0.138. The SMILES string of the molecule is CCCC[C@H](Nc1nc(C2CCCC2)ns1)C(=O)O. The average Bonchev–Trinajstić information content (AvgIpc) is 3.04. The molecule has 1 fully saturated rings. The fraction of sp³-hybridized carbons (Fsp3) is 0.769. The molecule has 1 aliphatic carbocycles. The van der Waals surface area contributed by atoms with Gasteiger partial charge in [0.25, 0.3) is 0 Å². The molecule has 0 unspecified atom stereocenters. The van der Waals surface area contributed by atoms with Crippen molar-refractivity contribution in [1.82, 2.24) is 9.36 Å². The van der Waals surface area contributed by atoms with E-state index in [0.29, 0.717) is 17.5 Å². The van der Waals surface area contributed by atoms with Crippen LogP contribution >= 0.6 is 11.5 Å². The van der Waals surface area contributed by atoms with Crippen LogP contribution in [0.25, 0.3) is 0 Å². The van der Waals surface area contributed by atoms with Crippen molar-refractivity contribution in [2.24, 2.45) is 0 Å². The molecule has 0 spiro atoms. The molecule has 0 saturated heterocycles. The van der Waals surface area contributed by atoms with Crippen LogP contribution in [0.1, 0.15) is 63.6 Å². The summed E-state index contributed by atoms with van der Waals surface area (Å²) >= 11 is 1.28. The van der Waals surface area contributed by atoms with Gasteiger partial charge in [-0.1, -0.05) is 32.6 Å². The Balaban J connectivity index is 1.95. The first-order valence-electron chi connectivity index (χ1n) is 7.03. The van der Waals surface area contributed by atoms with Gasteiger partial charge < -0.3 is 10.4 Å². The van der Waals surface area contributed by atoms with Crippen molar-refractivity contribution in [3.05, 3.63) is 5.82 Å². The molecule has 1 saturated carbocycles. The number of nitrogens with zero attached hydrogens (tertiary/aromatic N) is 2. The maximum atomic E-state index is 11.2. The highest BCUT2D eigenvalue weighted by atomic mass is 32.1. The lowest BCUT2D eigenvalue weighted by Crippen LogP contribution is -2.29. The number of hydrogen-bond acceptors (Lipinski definition) is 5. The largest absolute Gasteiger partial charge is 0.480 e. The second kappa shape index (κ2) is 6.84. The highest BCUT2D eigenvalue weighted by Crippen LogP contribution is 2.33. The van der Waals surface area contributed by atoms with E-state index < -0.39 is 12.0 Å². The predicted octanol–water partition coefficient (Wildman–Crippen LogP) is 3.25. The Hall–Kier alpha value is -1.17. The zero-order valence-electron chi connectivity index (χ0n) is 11.3. The van der Waals surface area contributed by atoms with Crippen LogP contribution in [-0.4, -0.2) is 26.5 Å². The van der Waals surface area contributed by atoms with E-state index in [1.807, 2.05) is 0 Å². The van der Waals surface area contributed by atoms with Crippen LogP contribution in [-0.2, 0) is 4.79 Å². The van der Waals surface area contributed by atoms with Gasteiger partial charge in [-0.15, -0.1) is 0 Å². The number of nitrogens with one attached hydrogen (secondary N) is 1. The van der Waals surface area contributed by atoms with Gasteiger partial charge in [0.15, 0.2) is 0 Å². The highest BCUT2D eigenvalue weighted by Gasteiger charge is 2.23. The molecule has 0 amide bonds. The molecule has 1 aromatic heterocycles. The monoisotopic (exact) mass is 283 g/mol. The molecule has 1 aliphatic rings. The molecule has 1 heterocycles. The van der Waals surface area contributed by atoms with Crippen molar-refractivity contribution in [1.29, 1.82) is 0 Å². The Morgan fingerprint density at radius 1 is 1.53 bits per heavy atom. The van der Waals surface area contributed by atoms with Gasteiger partial charge in [0.05, 0.1) is 0 Å². The summed E-state index contributed by atoms with van der Waals surface area (Å²) in [6.07, 6.45) is 7.35. The summed E-state index contributed by atoms with van der Waals surface area (Å²) in [6.45, 7) is 2.06. The van der Waals surface area contributed by atoms with Crippen LogP contribution in [0, 0.1) is 0 Å². The van der Waals surface area contributed by atoms with E-state index in [1.165, 1.54) is 24.4 Å². The topological polar surface area (TPSA) is 75.1 Å². The molecule has 5 nitrogen and oxygen atoms in total. The number of carbonyl (C=O) groups is 1. The van der Waals surface area contributed by atoms with Crippen molar-refractivity contribution >= 4 is 22.6 Å². The Kier molecular flexibility index (Phi) is 5.13. The lowest BCUT2D eigenvalue weighted by atomic mass is 10.1. The van der Waals surface area contributed by atoms with Gasteiger partial charge in [0, 0.05) is 17.5 Å². The third kappa shape index (κ3) is 3.89. The second-order valence-corrected chi connectivity index (χ2v) is 5.87. The van der Waals surface area contributed by atoms with Gasteiger partial charge in [-0.05, 0) is 19.3 Å². The third-order valence-electron chi connectivity index (χ3n) is 3.60. The molecule has 6 heteroatoms. The van der Waals surface area contributed by atoms with E-state index in [4.69, 9.17) is 0 Å². The summed E-state index contributed by atoms with van der Waals surface area (Å²) in [7, 11) is 0. The van der Waals surface area contributed by atoms with Crippen LogP contribution in [0.2, 0.25) is 0 Å². The van der Waals surface area contributed by atoms with Crippen molar-refractivity contribution in [3.8, 4) is 0 Å². The molecule has 0 radical (unpaired) electrons. The Morgan fingerprint density at radius 2 is 2.26 bits per heavy atom. The van der Waals surface area contributed by atoms with Gasteiger partial charge >= 0.3 is 5.97 Å². The molecule has 2 rings (SSSR count). The quantitative estimate of drug-likeness (QED) is 0.803. The third-order valence-corrected chi connectivity index (χ3v) is 4.26.